The topological polar surface area (TPSA) is 49.3 Å². The first-order valence-corrected chi connectivity index (χ1v) is 9.81. The molecule has 132 valence electrons. The zero-order valence-electron chi connectivity index (χ0n) is 14.6. The lowest BCUT2D eigenvalue weighted by atomic mass is 9.85. The van der Waals surface area contributed by atoms with Crippen LogP contribution in [0.5, 0.6) is 0 Å². The van der Waals surface area contributed by atoms with Crippen LogP contribution in [0.2, 0.25) is 0 Å². The molecule has 1 aromatic carbocycles. The van der Waals surface area contributed by atoms with Gasteiger partial charge in [0, 0.05) is 19.6 Å². The third-order valence-electron chi connectivity index (χ3n) is 5.47. The molecule has 3 heterocycles. The van der Waals surface area contributed by atoms with Crippen molar-refractivity contribution in [3.05, 3.63) is 45.9 Å². The summed E-state index contributed by atoms with van der Waals surface area (Å²) < 4.78 is 0. The number of carbonyl (C=O) groups excluding carboxylic acids is 1. The zero-order valence-corrected chi connectivity index (χ0v) is 15.5. The van der Waals surface area contributed by atoms with Crippen LogP contribution in [0.1, 0.15) is 28.4 Å². The molecule has 0 radical (unpaired) electrons. The number of aromatic nitrogens is 2. The Morgan fingerprint density at radius 3 is 2.72 bits per heavy atom. The van der Waals surface area contributed by atoms with E-state index >= 15 is 0 Å². The number of benzene rings is 1. The summed E-state index contributed by atoms with van der Waals surface area (Å²) in [6.07, 6.45) is 2.91. The number of nitrogens with zero attached hydrogens (tertiary/aromatic N) is 4. The SMILES string of the molecule is Cc1nnc(CN2CCC3(CCN(CCc4ccccc4)C3=O)C2)s1. The van der Waals surface area contributed by atoms with Crippen LogP contribution in [-0.4, -0.2) is 52.1 Å². The highest BCUT2D eigenvalue weighted by molar-refractivity contribution is 7.11. The van der Waals surface area contributed by atoms with E-state index in [1.54, 1.807) is 11.3 Å². The molecule has 1 aromatic heterocycles. The molecular weight excluding hydrogens is 332 g/mol. The van der Waals surface area contributed by atoms with Crippen LogP contribution in [0.3, 0.4) is 0 Å². The van der Waals surface area contributed by atoms with Crippen molar-refractivity contribution in [3.63, 3.8) is 0 Å². The molecule has 4 rings (SSSR count). The maximum absolute atomic E-state index is 13.0. The molecule has 2 aliphatic rings. The summed E-state index contributed by atoms with van der Waals surface area (Å²) in [5, 5.41) is 10.4. The molecule has 1 unspecified atom stereocenters. The summed E-state index contributed by atoms with van der Waals surface area (Å²) in [6.45, 7) is 6.39. The number of aryl methyl sites for hydroxylation is 1. The first-order chi connectivity index (χ1) is 12.1. The summed E-state index contributed by atoms with van der Waals surface area (Å²) in [5.41, 5.74) is 1.15. The fourth-order valence-corrected chi connectivity index (χ4v) is 4.83. The van der Waals surface area contributed by atoms with Crippen LogP contribution < -0.4 is 0 Å². The highest BCUT2D eigenvalue weighted by Gasteiger charge is 2.50. The lowest BCUT2D eigenvalue weighted by Crippen LogP contribution is -2.37. The molecule has 0 bridgehead atoms. The van der Waals surface area contributed by atoms with Gasteiger partial charge in [-0.3, -0.25) is 9.69 Å². The largest absolute Gasteiger partial charge is 0.342 e. The molecule has 6 heteroatoms. The van der Waals surface area contributed by atoms with Gasteiger partial charge in [-0.1, -0.05) is 30.3 Å². The zero-order chi connectivity index (χ0) is 17.3. The van der Waals surface area contributed by atoms with Crippen LogP contribution in [0.15, 0.2) is 30.3 Å². The molecule has 2 saturated heterocycles. The van der Waals surface area contributed by atoms with Gasteiger partial charge in [0.25, 0.3) is 0 Å². The second-order valence-corrected chi connectivity index (χ2v) is 8.50. The van der Waals surface area contributed by atoms with Crippen molar-refractivity contribution in [2.75, 3.05) is 26.2 Å². The average Bonchev–Trinajstić information content (AvgIpc) is 3.30. The Morgan fingerprint density at radius 1 is 1.16 bits per heavy atom. The van der Waals surface area contributed by atoms with Crippen LogP contribution in [0.4, 0.5) is 0 Å². The fourth-order valence-electron chi connectivity index (χ4n) is 4.08. The minimum absolute atomic E-state index is 0.156. The summed E-state index contributed by atoms with van der Waals surface area (Å²) in [7, 11) is 0. The van der Waals surface area contributed by atoms with Gasteiger partial charge in [-0.15, -0.1) is 21.5 Å². The van der Waals surface area contributed by atoms with Crippen molar-refractivity contribution >= 4 is 17.2 Å². The van der Waals surface area contributed by atoms with E-state index in [0.717, 1.165) is 62.0 Å². The fraction of sp³-hybridized carbons (Fsp3) is 0.526. The number of hydrogen-bond acceptors (Lipinski definition) is 5. The monoisotopic (exact) mass is 356 g/mol. The van der Waals surface area contributed by atoms with E-state index in [9.17, 15) is 4.79 Å². The van der Waals surface area contributed by atoms with E-state index in [-0.39, 0.29) is 5.41 Å². The molecule has 0 saturated carbocycles. The lowest BCUT2D eigenvalue weighted by molar-refractivity contribution is -0.135. The summed E-state index contributed by atoms with van der Waals surface area (Å²) >= 11 is 1.65. The van der Waals surface area contributed by atoms with E-state index in [2.05, 4.69) is 44.3 Å². The molecule has 0 aliphatic carbocycles. The Morgan fingerprint density at radius 2 is 1.96 bits per heavy atom. The molecule has 25 heavy (non-hydrogen) atoms. The van der Waals surface area contributed by atoms with Gasteiger partial charge in [0.2, 0.25) is 5.91 Å². The number of carbonyl (C=O) groups is 1. The van der Waals surface area contributed by atoms with Crippen LogP contribution >= 0.6 is 11.3 Å². The summed E-state index contributed by atoms with van der Waals surface area (Å²) in [6, 6.07) is 10.4. The predicted octanol–water partition coefficient (Wildman–Crippen LogP) is 2.51. The maximum Gasteiger partial charge on any atom is 0.230 e. The van der Waals surface area contributed by atoms with Crippen LogP contribution in [0.25, 0.3) is 0 Å². The van der Waals surface area contributed by atoms with Crippen molar-refractivity contribution in [1.82, 2.24) is 20.0 Å². The molecule has 1 atom stereocenters. The highest BCUT2D eigenvalue weighted by Crippen LogP contribution is 2.41. The second kappa shape index (κ2) is 6.84. The van der Waals surface area contributed by atoms with Gasteiger partial charge in [0.15, 0.2) is 0 Å². The van der Waals surface area contributed by atoms with Gasteiger partial charge in [-0.2, -0.15) is 0 Å². The van der Waals surface area contributed by atoms with Crippen molar-refractivity contribution < 1.29 is 4.79 Å². The molecule has 2 fully saturated rings. The quantitative estimate of drug-likeness (QED) is 0.826. The van der Waals surface area contributed by atoms with E-state index in [1.165, 1.54) is 5.56 Å². The Hall–Kier alpha value is -1.79. The third kappa shape index (κ3) is 3.46. The second-order valence-electron chi connectivity index (χ2n) is 7.23. The number of amides is 1. The standard InChI is InChI=1S/C19H24N4OS/c1-15-20-21-17(25-15)13-22-11-8-19(14-22)9-12-23(18(19)24)10-7-16-5-3-2-4-6-16/h2-6H,7-14H2,1H3. The first-order valence-electron chi connectivity index (χ1n) is 8.99. The molecule has 1 spiro atoms. The van der Waals surface area contributed by atoms with E-state index < -0.39 is 0 Å². The number of likely N-dealkylation sites (tertiary alicyclic amines) is 2. The minimum atomic E-state index is -0.156. The van der Waals surface area contributed by atoms with E-state index in [1.807, 2.05) is 13.0 Å². The summed E-state index contributed by atoms with van der Waals surface area (Å²) in [4.78, 5) is 17.5. The van der Waals surface area contributed by atoms with Gasteiger partial charge in [-0.05, 0) is 38.3 Å². The van der Waals surface area contributed by atoms with Crippen molar-refractivity contribution in [2.24, 2.45) is 5.41 Å². The average molecular weight is 356 g/mol. The van der Waals surface area contributed by atoms with Crippen molar-refractivity contribution in [3.8, 4) is 0 Å². The molecule has 0 N–H and O–H groups in total. The molecule has 5 nitrogen and oxygen atoms in total. The van der Waals surface area contributed by atoms with Crippen LogP contribution in [-0.2, 0) is 17.8 Å². The Balaban J connectivity index is 1.34. The Labute approximate surface area is 152 Å². The Kier molecular flexibility index (Phi) is 4.56. The van der Waals surface area contributed by atoms with Gasteiger partial charge in [-0.25, -0.2) is 0 Å². The van der Waals surface area contributed by atoms with Gasteiger partial charge in [0.1, 0.15) is 10.0 Å². The van der Waals surface area contributed by atoms with Gasteiger partial charge in [0.05, 0.1) is 12.0 Å². The van der Waals surface area contributed by atoms with Crippen molar-refractivity contribution in [1.29, 1.82) is 0 Å². The smallest absolute Gasteiger partial charge is 0.230 e. The lowest BCUT2D eigenvalue weighted by Gasteiger charge is -2.23. The number of rotatable bonds is 5. The molecule has 2 aliphatic heterocycles. The normalized spacial score (nSPS) is 23.9. The molecular formula is C19H24N4OS. The minimum Gasteiger partial charge on any atom is -0.342 e. The van der Waals surface area contributed by atoms with Crippen molar-refractivity contribution in [2.45, 2.75) is 32.7 Å². The van der Waals surface area contributed by atoms with Crippen LogP contribution in [0, 0.1) is 12.3 Å². The van der Waals surface area contributed by atoms with Gasteiger partial charge >= 0.3 is 0 Å². The highest BCUT2D eigenvalue weighted by atomic mass is 32.1. The molecule has 2 aromatic rings. The third-order valence-corrected chi connectivity index (χ3v) is 6.30. The molecule has 1 amide bonds. The Bertz CT molecular complexity index is 747. The van der Waals surface area contributed by atoms with E-state index in [4.69, 9.17) is 0 Å². The maximum atomic E-state index is 13.0. The number of hydrogen-bond donors (Lipinski definition) is 0. The summed E-state index contributed by atoms with van der Waals surface area (Å²) in [5.74, 6) is 0.361. The predicted molar refractivity (Wildman–Crippen MR) is 98.3 cm³/mol. The van der Waals surface area contributed by atoms with E-state index in [0.29, 0.717) is 5.91 Å². The first kappa shape index (κ1) is 16.7. The van der Waals surface area contributed by atoms with Gasteiger partial charge < -0.3 is 4.90 Å².